The first-order valence-corrected chi connectivity index (χ1v) is 13.0. The van der Waals surface area contributed by atoms with Crippen molar-refractivity contribution in [2.45, 2.75) is 49.4 Å². The summed E-state index contributed by atoms with van der Waals surface area (Å²) in [5, 5.41) is 0. The lowest BCUT2D eigenvalue weighted by atomic mass is 9.41. The van der Waals surface area contributed by atoms with Crippen LogP contribution in [0.15, 0.2) is 109 Å². The zero-order valence-electron chi connectivity index (χ0n) is 19.8. The maximum atomic E-state index is 2.52. The smallest absolute Gasteiger partial charge is 0.00330 e. The van der Waals surface area contributed by atoms with Crippen LogP contribution in [0, 0.1) is 11.8 Å². The summed E-state index contributed by atoms with van der Waals surface area (Å²) in [5.74, 6) is 1.73. The largest absolute Gasteiger partial charge is 0.0622 e. The van der Waals surface area contributed by atoms with Crippen LogP contribution in [-0.4, -0.2) is 0 Å². The van der Waals surface area contributed by atoms with Crippen molar-refractivity contribution >= 4 is 0 Å². The second kappa shape index (κ2) is 7.70. The van der Waals surface area contributed by atoms with Crippen molar-refractivity contribution in [3.8, 4) is 22.3 Å². The van der Waals surface area contributed by atoms with Gasteiger partial charge in [-0.1, -0.05) is 109 Å². The average molecular weight is 441 g/mol. The Bertz CT molecular complexity index is 1200. The van der Waals surface area contributed by atoms with E-state index in [1.807, 2.05) is 0 Å². The van der Waals surface area contributed by atoms with Crippen molar-refractivity contribution in [1.82, 2.24) is 0 Å². The Balaban J connectivity index is 1.30. The third-order valence-corrected chi connectivity index (χ3v) is 9.23. The van der Waals surface area contributed by atoms with Gasteiger partial charge in [0.1, 0.15) is 0 Å². The minimum Gasteiger partial charge on any atom is -0.0622 e. The maximum absolute atomic E-state index is 2.52. The van der Waals surface area contributed by atoms with E-state index in [4.69, 9.17) is 0 Å². The Morgan fingerprint density at radius 2 is 0.853 bits per heavy atom. The molecule has 0 heterocycles. The molecular weight excluding hydrogens is 408 g/mol. The molecule has 34 heavy (non-hydrogen) atoms. The molecule has 0 nitrogen and oxygen atoms in total. The van der Waals surface area contributed by atoms with Gasteiger partial charge in [0, 0.05) is 0 Å². The highest BCUT2D eigenvalue weighted by Gasteiger charge is 2.58. The molecule has 0 radical (unpaired) electrons. The molecule has 0 spiro atoms. The minimum atomic E-state index is 0.331. The normalized spacial score (nSPS) is 29.3. The third-order valence-electron chi connectivity index (χ3n) is 9.23. The van der Waals surface area contributed by atoms with Gasteiger partial charge in [-0.15, -0.1) is 0 Å². The Morgan fingerprint density at radius 1 is 0.441 bits per heavy atom. The summed E-state index contributed by atoms with van der Waals surface area (Å²) in [7, 11) is 0. The SMILES string of the molecule is c1ccc(-c2cccc(C34CC5CC(C3)CC(c3cccc(-c6ccccc6)c3)(C5)C4)c2)cc1. The lowest BCUT2D eigenvalue weighted by Crippen LogP contribution is -2.55. The van der Waals surface area contributed by atoms with Crippen LogP contribution in [0.4, 0.5) is 0 Å². The number of hydrogen-bond donors (Lipinski definition) is 0. The lowest BCUT2D eigenvalue weighted by Gasteiger charge is -2.63. The van der Waals surface area contributed by atoms with Gasteiger partial charge in [0.25, 0.3) is 0 Å². The van der Waals surface area contributed by atoms with E-state index in [9.17, 15) is 0 Å². The van der Waals surface area contributed by atoms with E-state index in [0.29, 0.717) is 10.8 Å². The number of rotatable bonds is 4. The highest BCUT2D eigenvalue weighted by molar-refractivity contribution is 5.66. The van der Waals surface area contributed by atoms with Crippen molar-refractivity contribution in [3.63, 3.8) is 0 Å². The van der Waals surface area contributed by atoms with Gasteiger partial charge < -0.3 is 0 Å². The molecule has 0 heteroatoms. The summed E-state index contributed by atoms with van der Waals surface area (Å²) in [6.45, 7) is 0. The first-order chi connectivity index (χ1) is 16.7. The minimum absolute atomic E-state index is 0.331. The Kier molecular flexibility index (Phi) is 4.59. The van der Waals surface area contributed by atoms with Gasteiger partial charge in [-0.25, -0.2) is 0 Å². The predicted molar refractivity (Wildman–Crippen MR) is 142 cm³/mol. The van der Waals surface area contributed by atoms with Gasteiger partial charge in [-0.2, -0.15) is 0 Å². The highest BCUT2D eigenvalue weighted by atomic mass is 14.6. The predicted octanol–water partition coefficient (Wildman–Crippen LogP) is 8.81. The number of benzene rings is 4. The van der Waals surface area contributed by atoms with Crippen molar-refractivity contribution in [2.24, 2.45) is 11.8 Å². The fourth-order valence-corrected chi connectivity index (χ4v) is 8.26. The molecule has 0 N–H and O–H groups in total. The van der Waals surface area contributed by atoms with E-state index >= 15 is 0 Å². The van der Waals surface area contributed by atoms with Crippen molar-refractivity contribution < 1.29 is 0 Å². The van der Waals surface area contributed by atoms with Gasteiger partial charge in [0.2, 0.25) is 0 Å². The Labute approximate surface area is 203 Å². The molecule has 4 bridgehead atoms. The summed E-state index contributed by atoms with van der Waals surface area (Å²) in [5.41, 5.74) is 9.25. The van der Waals surface area contributed by atoms with Crippen LogP contribution in [0.25, 0.3) is 22.3 Å². The van der Waals surface area contributed by atoms with Gasteiger partial charge >= 0.3 is 0 Å². The van der Waals surface area contributed by atoms with E-state index in [0.717, 1.165) is 11.8 Å². The average Bonchev–Trinajstić information content (AvgIpc) is 2.89. The zero-order chi connectivity index (χ0) is 22.6. The molecule has 4 saturated carbocycles. The summed E-state index contributed by atoms with van der Waals surface area (Å²) >= 11 is 0. The monoisotopic (exact) mass is 440 g/mol. The van der Waals surface area contributed by atoms with E-state index in [1.54, 1.807) is 11.1 Å². The molecule has 0 saturated heterocycles. The van der Waals surface area contributed by atoms with E-state index < -0.39 is 0 Å². The molecule has 8 rings (SSSR count). The summed E-state index contributed by atoms with van der Waals surface area (Å²) in [6.07, 6.45) is 8.26. The fraction of sp³-hybridized carbons (Fsp3) is 0.294. The molecular formula is C34H32. The molecule has 4 aliphatic rings. The second-order valence-electron chi connectivity index (χ2n) is 11.4. The molecule has 0 atom stereocenters. The molecule has 4 aromatic carbocycles. The lowest BCUT2D eigenvalue weighted by molar-refractivity contribution is -0.0281. The van der Waals surface area contributed by atoms with E-state index in [1.165, 1.54) is 60.8 Å². The van der Waals surface area contributed by atoms with Crippen LogP contribution in [-0.2, 0) is 10.8 Å². The van der Waals surface area contributed by atoms with Crippen molar-refractivity contribution in [2.75, 3.05) is 0 Å². The third kappa shape index (κ3) is 3.27. The standard InChI is InChI=1S/C34H32/c1-3-9-27(10-4-1)29-13-7-15-31(18-29)33-20-25-17-26(21-33)23-34(22-25,24-33)32-16-8-14-30(19-32)28-11-5-2-6-12-28/h1-16,18-19,25-26H,17,20-24H2. The van der Waals surface area contributed by atoms with Crippen LogP contribution in [0.1, 0.15) is 49.7 Å². The summed E-state index contributed by atoms with van der Waals surface area (Å²) in [4.78, 5) is 0. The molecule has 4 aliphatic carbocycles. The molecule has 0 aliphatic heterocycles. The molecule has 168 valence electrons. The molecule has 0 aromatic heterocycles. The molecule has 0 amide bonds. The highest BCUT2D eigenvalue weighted by Crippen LogP contribution is 2.66. The summed E-state index contributed by atoms with van der Waals surface area (Å²) < 4.78 is 0. The molecule has 4 fully saturated rings. The van der Waals surface area contributed by atoms with E-state index in [-0.39, 0.29) is 0 Å². The van der Waals surface area contributed by atoms with Gasteiger partial charge in [0.15, 0.2) is 0 Å². The van der Waals surface area contributed by atoms with E-state index in [2.05, 4.69) is 109 Å². The van der Waals surface area contributed by atoms with Gasteiger partial charge in [0.05, 0.1) is 0 Å². The Hall–Kier alpha value is -3.12. The first kappa shape index (κ1) is 20.3. The van der Waals surface area contributed by atoms with Crippen molar-refractivity contribution in [3.05, 3.63) is 120 Å². The second-order valence-corrected chi connectivity index (χ2v) is 11.4. The molecule has 4 aromatic rings. The Morgan fingerprint density at radius 3 is 1.29 bits per heavy atom. The van der Waals surface area contributed by atoms with Gasteiger partial charge in [-0.3, -0.25) is 0 Å². The first-order valence-electron chi connectivity index (χ1n) is 13.0. The van der Waals surface area contributed by atoms with Crippen LogP contribution >= 0.6 is 0 Å². The van der Waals surface area contributed by atoms with Crippen LogP contribution in [0.5, 0.6) is 0 Å². The molecule has 0 unspecified atom stereocenters. The van der Waals surface area contributed by atoms with Crippen LogP contribution < -0.4 is 0 Å². The van der Waals surface area contributed by atoms with Crippen molar-refractivity contribution in [1.29, 1.82) is 0 Å². The zero-order valence-corrected chi connectivity index (χ0v) is 19.8. The fourth-order valence-electron chi connectivity index (χ4n) is 8.26. The van der Waals surface area contributed by atoms with Crippen LogP contribution in [0.2, 0.25) is 0 Å². The maximum Gasteiger partial charge on any atom is -0.00330 e. The van der Waals surface area contributed by atoms with Crippen LogP contribution in [0.3, 0.4) is 0 Å². The number of hydrogen-bond acceptors (Lipinski definition) is 0. The topological polar surface area (TPSA) is 0 Å². The quantitative estimate of drug-likeness (QED) is 0.297. The van der Waals surface area contributed by atoms with Gasteiger partial charge in [-0.05, 0) is 94.6 Å². The summed E-state index contributed by atoms with van der Waals surface area (Å²) in [6, 6.07) is 40.9.